The molecule has 1 fully saturated rings. The Hall–Kier alpha value is -1.38. The second-order valence-electron chi connectivity index (χ2n) is 4.81. The summed E-state index contributed by atoms with van der Waals surface area (Å²) in [5.41, 5.74) is 0.907. The van der Waals surface area contributed by atoms with E-state index in [0.717, 1.165) is 19.4 Å². The van der Waals surface area contributed by atoms with Gasteiger partial charge in [-0.1, -0.05) is 6.07 Å². The molecule has 2 nitrogen and oxygen atoms in total. The van der Waals surface area contributed by atoms with E-state index in [4.69, 9.17) is 5.26 Å². The van der Waals surface area contributed by atoms with Gasteiger partial charge >= 0.3 is 0 Å². The molecule has 0 spiro atoms. The fourth-order valence-corrected chi connectivity index (χ4v) is 3.34. The van der Waals surface area contributed by atoms with Crippen molar-refractivity contribution in [1.82, 2.24) is 0 Å². The van der Waals surface area contributed by atoms with E-state index < -0.39 is 0 Å². The Labute approximate surface area is 129 Å². The molecule has 0 atom stereocenters. The third kappa shape index (κ3) is 2.58. The molecule has 1 aliphatic rings. The molecule has 1 saturated carbocycles. The molecule has 0 N–H and O–H groups in total. The maximum atomic E-state index is 14.5. The molecule has 1 aromatic carbocycles. The SMILES string of the molecule is N#Cc1ccc(N(Cc2cccs2)C2CC2)c(F)c1Br. The van der Waals surface area contributed by atoms with Crippen LogP contribution in [0.5, 0.6) is 0 Å². The van der Waals surface area contributed by atoms with Gasteiger partial charge in [0.1, 0.15) is 6.07 Å². The minimum Gasteiger partial charge on any atom is -0.361 e. The molecular formula is C15H12BrFN2S. The average Bonchev–Trinajstić information content (AvgIpc) is 3.17. The summed E-state index contributed by atoms with van der Waals surface area (Å²) in [6, 6.07) is 9.86. The number of nitriles is 1. The monoisotopic (exact) mass is 350 g/mol. The Morgan fingerprint density at radius 3 is 2.80 bits per heavy atom. The van der Waals surface area contributed by atoms with Gasteiger partial charge in [0.2, 0.25) is 0 Å². The second kappa shape index (κ2) is 5.55. The van der Waals surface area contributed by atoms with Crippen LogP contribution < -0.4 is 4.90 Å². The minimum atomic E-state index is -0.340. The van der Waals surface area contributed by atoms with E-state index in [-0.39, 0.29) is 10.3 Å². The Morgan fingerprint density at radius 2 is 2.20 bits per heavy atom. The lowest BCUT2D eigenvalue weighted by molar-refractivity contribution is 0.608. The number of anilines is 1. The van der Waals surface area contributed by atoms with E-state index in [2.05, 4.69) is 26.9 Å². The molecule has 0 bridgehead atoms. The van der Waals surface area contributed by atoms with Gasteiger partial charge in [0.25, 0.3) is 0 Å². The highest BCUT2D eigenvalue weighted by molar-refractivity contribution is 9.10. The predicted octanol–water partition coefficient (Wildman–Crippen LogP) is 4.69. The van der Waals surface area contributed by atoms with E-state index in [1.54, 1.807) is 23.5 Å². The van der Waals surface area contributed by atoms with Crippen LogP contribution in [-0.4, -0.2) is 6.04 Å². The molecule has 1 aromatic heterocycles. The van der Waals surface area contributed by atoms with Crippen molar-refractivity contribution >= 4 is 33.0 Å². The highest BCUT2D eigenvalue weighted by atomic mass is 79.9. The van der Waals surface area contributed by atoms with E-state index >= 15 is 0 Å². The largest absolute Gasteiger partial charge is 0.361 e. The molecule has 0 aliphatic heterocycles. The first-order chi connectivity index (χ1) is 9.70. The van der Waals surface area contributed by atoms with Gasteiger partial charge in [-0.3, -0.25) is 0 Å². The van der Waals surface area contributed by atoms with Crippen molar-refractivity contribution in [2.45, 2.75) is 25.4 Å². The number of halogens is 2. The number of nitrogens with zero attached hydrogens (tertiary/aromatic N) is 2. The molecular weight excluding hydrogens is 339 g/mol. The molecule has 0 radical (unpaired) electrons. The van der Waals surface area contributed by atoms with Crippen LogP contribution in [-0.2, 0) is 6.54 Å². The molecule has 2 aromatic rings. The lowest BCUT2D eigenvalue weighted by atomic mass is 10.2. The molecule has 0 saturated heterocycles. The first-order valence-corrected chi connectivity index (χ1v) is 8.05. The molecule has 1 aliphatic carbocycles. The van der Waals surface area contributed by atoms with Crippen LogP contribution in [0.25, 0.3) is 0 Å². The minimum absolute atomic E-state index is 0.259. The third-order valence-electron chi connectivity index (χ3n) is 3.39. The smallest absolute Gasteiger partial charge is 0.162 e. The van der Waals surface area contributed by atoms with Crippen molar-refractivity contribution in [3.05, 3.63) is 50.4 Å². The molecule has 0 amide bonds. The van der Waals surface area contributed by atoms with Gasteiger partial charge in [0.15, 0.2) is 5.82 Å². The summed E-state index contributed by atoms with van der Waals surface area (Å²) in [5, 5.41) is 11.0. The van der Waals surface area contributed by atoms with Gasteiger partial charge in [-0.15, -0.1) is 11.3 Å². The van der Waals surface area contributed by atoms with Crippen LogP contribution in [0.1, 0.15) is 23.3 Å². The van der Waals surface area contributed by atoms with Crippen LogP contribution >= 0.6 is 27.3 Å². The maximum absolute atomic E-state index is 14.5. The van der Waals surface area contributed by atoms with Crippen molar-refractivity contribution < 1.29 is 4.39 Å². The number of benzene rings is 1. The average molecular weight is 351 g/mol. The predicted molar refractivity (Wildman–Crippen MR) is 82.3 cm³/mol. The van der Waals surface area contributed by atoms with Gasteiger partial charge in [-0.2, -0.15) is 5.26 Å². The lowest BCUT2D eigenvalue weighted by Gasteiger charge is -2.25. The summed E-state index contributed by atoms with van der Waals surface area (Å²) in [4.78, 5) is 3.32. The maximum Gasteiger partial charge on any atom is 0.162 e. The third-order valence-corrected chi connectivity index (χ3v) is 5.02. The highest BCUT2D eigenvalue weighted by Gasteiger charge is 2.31. The van der Waals surface area contributed by atoms with Gasteiger partial charge in [-0.25, -0.2) is 4.39 Å². The van der Waals surface area contributed by atoms with Gasteiger partial charge in [-0.05, 0) is 52.4 Å². The van der Waals surface area contributed by atoms with Crippen molar-refractivity contribution in [2.24, 2.45) is 0 Å². The Morgan fingerprint density at radius 1 is 1.40 bits per heavy atom. The summed E-state index contributed by atoms with van der Waals surface area (Å²) in [6.45, 7) is 0.720. The van der Waals surface area contributed by atoms with Crippen molar-refractivity contribution in [3.8, 4) is 6.07 Å². The fourth-order valence-electron chi connectivity index (χ4n) is 2.22. The summed E-state index contributed by atoms with van der Waals surface area (Å²) >= 11 is 4.87. The van der Waals surface area contributed by atoms with E-state index in [1.807, 2.05) is 17.5 Å². The van der Waals surface area contributed by atoms with Crippen LogP contribution in [0.3, 0.4) is 0 Å². The molecule has 102 valence electrons. The molecule has 20 heavy (non-hydrogen) atoms. The molecule has 1 heterocycles. The lowest BCUT2D eigenvalue weighted by Crippen LogP contribution is -2.25. The quantitative estimate of drug-likeness (QED) is 0.799. The van der Waals surface area contributed by atoms with Crippen LogP contribution in [0.2, 0.25) is 0 Å². The zero-order valence-electron chi connectivity index (χ0n) is 10.6. The van der Waals surface area contributed by atoms with Gasteiger partial charge in [0.05, 0.1) is 22.3 Å². The van der Waals surface area contributed by atoms with E-state index in [1.165, 1.54) is 4.88 Å². The number of rotatable bonds is 4. The Balaban J connectivity index is 1.96. The Bertz CT molecular complexity index is 659. The number of thiophene rings is 1. The summed E-state index contributed by atoms with van der Waals surface area (Å²) in [6.07, 6.45) is 2.20. The van der Waals surface area contributed by atoms with Crippen molar-refractivity contribution in [2.75, 3.05) is 4.90 Å². The normalized spacial score (nSPS) is 14.1. The number of hydrogen-bond acceptors (Lipinski definition) is 3. The van der Waals surface area contributed by atoms with Gasteiger partial charge < -0.3 is 4.90 Å². The van der Waals surface area contributed by atoms with Crippen molar-refractivity contribution in [3.63, 3.8) is 0 Å². The van der Waals surface area contributed by atoms with E-state index in [9.17, 15) is 4.39 Å². The molecule has 3 rings (SSSR count). The molecule has 5 heteroatoms. The highest BCUT2D eigenvalue weighted by Crippen LogP contribution is 2.37. The summed E-state index contributed by atoms with van der Waals surface area (Å²) in [5.74, 6) is -0.340. The van der Waals surface area contributed by atoms with Crippen LogP contribution in [0.4, 0.5) is 10.1 Å². The second-order valence-corrected chi connectivity index (χ2v) is 6.64. The summed E-state index contributed by atoms with van der Waals surface area (Å²) in [7, 11) is 0. The summed E-state index contributed by atoms with van der Waals surface area (Å²) < 4.78 is 14.7. The Kier molecular flexibility index (Phi) is 3.77. The standard InChI is InChI=1S/C15H12BrFN2S/c16-14-10(8-18)3-6-13(15(14)17)19(11-4-5-11)9-12-2-1-7-20-12/h1-3,6-7,11H,4-5,9H2. The number of hydrogen-bond donors (Lipinski definition) is 0. The zero-order valence-corrected chi connectivity index (χ0v) is 13.0. The zero-order chi connectivity index (χ0) is 14.1. The van der Waals surface area contributed by atoms with Crippen LogP contribution in [0.15, 0.2) is 34.1 Å². The fraction of sp³-hybridized carbons (Fsp3) is 0.267. The van der Waals surface area contributed by atoms with Crippen molar-refractivity contribution in [1.29, 1.82) is 5.26 Å². The van der Waals surface area contributed by atoms with Crippen LogP contribution in [0, 0.1) is 17.1 Å². The first kappa shape index (κ1) is 13.6. The molecule has 0 unspecified atom stereocenters. The van der Waals surface area contributed by atoms with Gasteiger partial charge in [0, 0.05) is 10.9 Å². The van der Waals surface area contributed by atoms with E-state index in [0.29, 0.717) is 17.3 Å². The first-order valence-electron chi connectivity index (χ1n) is 6.38. The topological polar surface area (TPSA) is 27.0 Å².